The number of rotatable bonds is 3. The zero-order chi connectivity index (χ0) is 11.5. The van der Waals surface area contributed by atoms with Gasteiger partial charge in [0.2, 0.25) is 0 Å². The number of H-pyrrole nitrogens is 1. The van der Waals surface area contributed by atoms with Gasteiger partial charge in [0.05, 0.1) is 13.2 Å². The molecule has 0 spiro atoms. The number of nitrogens with zero attached hydrogens (tertiary/aromatic N) is 2. The summed E-state index contributed by atoms with van der Waals surface area (Å²) >= 11 is 10.9. The van der Waals surface area contributed by atoms with Crippen LogP contribution in [0.2, 0.25) is 5.02 Å². The number of hydrogen-bond acceptors (Lipinski definition) is 3. The van der Waals surface area contributed by atoms with Gasteiger partial charge in [0.15, 0.2) is 10.6 Å². The van der Waals surface area contributed by atoms with E-state index in [2.05, 4.69) is 10.2 Å². The van der Waals surface area contributed by atoms with Crippen LogP contribution in [-0.2, 0) is 6.54 Å². The highest BCUT2D eigenvalue weighted by molar-refractivity contribution is 7.71. The third kappa shape index (κ3) is 2.16. The third-order valence-electron chi connectivity index (χ3n) is 2.18. The average Bonchev–Trinajstić information content (AvgIpc) is 2.63. The molecular weight excluding hydrogens is 246 g/mol. The second-order valence-electron chi connectivity index (χ2n) is 3.23. The number of aliphatic hydroxyl groups is 1. The summed E-state index contributed by atoms with van der Waals surface area (Å²) in [5.74, 6) is 0.704. The van der Waals surface area contributed by atoms with E-state index in [1.807, 2.05) is 12.1 Å². The van der Waals surface area contributed by atoms with Crippen LogP contribution >= 0.6 is 23.8 Å². The maximum atomic E-state index is 8.95. The van der Waals surface area contributed by atoms with Crippen LogP contribution in [0.15, 0.2) is 24.3 Å². The molecule has 2 N–H and O–H groups in total. The highest BCUT2D eigenvalue weighted by atomic mass is 35.5. The molecule has 0 saturated carbocycles. The lowest BCUT2D eigenvalue weighted by Crippen LogP contribution is -2.04. The van der Waals surface area contributed by atoms with Gasteiger partial charge < -0.3 is 5.11 Å². The second-order valence-corrected chi connectivity index (χ2v) is 4.06. The predicted molar refractivity (Wildman–Crippen MR) is 64.9 cm³/mol. The maximum Gasteiger partial charge on any atom is 0.195 e. The van der Waals surface area contributed by atoms with Crippen molar-refractivity contribution in [1.29, 1.82) is 0 Å². The minimum Gasteiger partial charge on any atom is -0.395 e. The lowest BCUT2D eigenvalue weighted by Gasteiger charge is -2.04. The van der Waals surface area contributed by atoms with Crippen molar-refractivity contribution in [2.45, 2.75) is 6.54 Å². The van der Waals surface area contributed by atoms with Gasteiger partial charge in [-0.25, -0.2) is 0 Å². The standard InChI is InChI=1S/C10H10ClN3OS/c11-8-3-1-7(2-4-8)9-12-13-10(16)14(9)5-6-15/h1-4,15H,5-6H2,(H,13,16). The molecule has 0 amide bonds. The first kappa shape index (κ1) is 11.3. The van der Waals surface area contributed by atoms with E-state index >= 15 is 0 Å². The lowest BCUT2D eigenvalue weighted by atomic mass is 10.2. The Labute approximate surface area is 103 Å². The van der Waals surface area contributed by atoms with Crippen molar-refractivity contribution in [2.24, 2.45) is 0 Å². The second kappa shape index (κ2) is 4.78. The van der Waals surface area contributed by atoms with Gasteiger partial charge in [0.1, 0.15) is 0 Å². The smallest absolute Gasteiger partial charge is 0.195 e. The van der Waals surface area contributed by atoms with E-state index in [4.69, 9.17) is 28.9 Å². The fraction of sp³-hybridized carbons (Fsp3) is 0.200. The maximum absolute atomic E-state index is 8.95. The largest absolute Gasteiger partial charge is 0.395 e. The Morgan fingerprint density at radius 3 is 2.69 bits per heavy atom. The molecule has 0 fully saturated rings. The van der Waals surface area contributed by atoms with E-state index in [0.717, 1.165) is 5.56 Å². The number of aliphatic hydroxyl groups excluding tert-OH is 1. The zero-order valence-corrected chi connectivity index (χ0v) is 9.92. The summed E-state index contributed by atoms with van der Waals surface area (Å²) in [4.78, 5) is 0. The molecule has 1 heterocycles. The van der Waals surface area contributed by atoms with Gasteiger partial charge in [-0.2, -0.15) is 5.10 Å². The Bertz CT molecular complexity index is 532. The van der Waals surface area contributed by atoms with Crippen molar-refractivity contribution in [3.8, 4) is 11.4 Å². The van der Waals surface area contributed by atoms with Gasteiger partial charge >= 0.3 is 0 Å². The molecule has 1 aromatic heterocycles. The van der Waals surface area contributed by atoms with Gasteiger partial charge in [-0.15, -0.1) is 0 Å². The molecule has 0 unspecified atom stereocenters. The molecule has 2 rings (SSSR count). The topological polar surface area (TPSA) is 53.8 Å². The molecule has 0 aliphatic rings. The molecule has 0 atom stereocenters. The molecule has 2 aromatic rings. The van der Waals surface area contributed by atoms with Crippen LogP contribution in [0.5, 0.6) is 0 Å². The van der Waals surface area contributed by atoms with E-state index in [0.29, 0.717) is 22.2 Å². The Kier molecular flexibility index (Phi) is 3.38. The van der Waals surface area contributed by atoms with Crippen LogP contribution in [-0.4, -0.2) is 26.5 Å². The van der Waals surface area contributed by atoms with Crippen LogP contribution in [0, 0.1) is 4.77 Å². The molecular formula is C10H10ClN3OS. The highest BCUT2D eigenvalue weighted by Gasteiger charge is 2.07. The minimum absolute atomic E-state index is 0.0223. The zero-order valence-electron chi connectivity index (χ0n) is 8.35. The van der Waals surface area contributed by atoms with Gasteiger partial charge in [0, 0.05) is 10.6 Å². The van der Waals surface area contributed by atoms with E-state index in [9.17, 15) is 0 Å². The monoisotopic (exact) mass is 255 g/mol. The Morgan fingerprint density at radius 2 is 2.06 bits per heavy atom. The quantitative estimate of drug-likeness (QED) is 0.828. The van der Waals surface area contributed by atoms with Crippen molar-refractivity contribution >= 4 is 23.8 Å². The van der Waals surface area contributed by atoms with Crippen molar-refractivity contribution < 1.29 is 5.11 Å². The minimum atomic E-state index is 0.0223. The predicted octanol–water partition coefficient (Wildman–Crippen LogP) is 2.25. The lowest BCUT2D eigenvalue weighted by molar-refractivity contribution is 0.276. The highest BCUT2D eigenvalue weighted by Crippen LogP contribution is 2.19. The number of aromatic amines is 1. The summed E-state index contributed by atoms with van der Waals surface area (Å²) in [6.45, 7) is 0.446. The van der Waals surface area contributed by atoms with Gasteiger partial charge in [-0.05, 0) is 36.5 Å². The summed E-state index contributed by atoms with van der Waals surface area (Å²) in [6.07, 6.45) is 0. The number of nitrogens with one attached hydrogen (secondary N) is 1. The van der Waals surface area contributed by atoms with Crippen molar-refractivity contribution in [1.82, 2.24) is 14.8 Å². The SMILES string of the molecule is OCCn1c(-c2ccc(Cl)cc2)n[nH]c1=S. The first-order chi connectivity index (χ1) is 7.72. The third-order valence-corrected chi connectivity index (χ3v) is 2.75. The Morgan fingerprint density at radius 1 is 1.38 bits per heavy atom. The van der Waals surface area contributed by atoms with Crippen molar-refractivity contribution in [3.05, 3.63) is 34.1 Å². The summed E-state index contributed by atoms with van der Waals surface area (Å²) in [5.41, 5.74) is 0.908. The summed E-state index contributed by atoms with van der Waals surface area (Å²) < 4.78 is 2.25. The first-order valence-corrected chi connectivity index (χ1v) is 5.53. The summed E-state index contributed by atoms with van der Waals surface area (Å²) in [6, 6.07) is 7.30. The number of hydrogen-bond donors (Lipinski definition) is 2. The molecule has 1 aromatic carbocycles. The summed E-state index contributed by atoms with van der Waals surface area (Å²) in [7, 11) is 0. The van der Waals surface area contributed by atoms with Crippen LogP contribution < -0.4 is 0 Å². The Balaban J connectivity index is 2.47. The summed E-state index contributed by atoms with van der Waals surface area (Å²) in [5, 5.41) is 16.5. The molecule has 4 nitrogen and oxygen atoms in total. The molecule has 16 heavy (non-hydrogen) atoms. The van der Waals surface area contributed by atoms with Gasteiger partial charge in [-0.3, -0.25) is 9.67 Å². The molecule has 0 aliphatic carbocycles. The van der Waals surface area contributed by atoms with Gasteiger partial charge in [-0.1, -0.05) is 11.6 Å². The molecule has 0 bridgehead atoms. The fourth-order valence-corrected chi connectivity index (χ4v) is 1.79. The van der Waals surface area contributed by atoms with Gasteiger partial charge in [0.25, 0.3) is 0 Å². The fourth-order valence-electron chi connectivity index (χ4n) is 1.44. The molecule has 6 heteroatoms. The molecule has 0 aliphatic heterocycles. The van der Waals surface area contributed by atoms with Crippen LogP contribution in [0.25, 0.3) is 11.4 Å². The molecule has 0 saturated heterocycles. The normalized spacial score (nSPS) is 10.6. The first-order valence-electron chi connectivity index (χ1n) is 4.74. The van der Waals surface area contributed by atoms with E-state index in [-0.39, 0.29) is 6.61 Å². The van der Waals surface area contributed by atoms with Crippen LogP contribution in [0.1, 0.15) is 0 Å². The van der Waals surface area contributed by atoms with Crippen molar-refractivity contribution in [2.75, 3.05) is 6.61 Å². The van der Waals surface area contributed by atoms with Crippen molar-refractivity contribution in [3.63, 3.8) is 0 Å². The van der Waals surface area contributed by atoms with E-state index in [1.165, 1.54) is 0 Å². The average molecular weight is 256 g/mol. The van der Waals surface area contributed by atoms with E-state index < -0.39 is 0 Å². The molecule has 84 valence electrons. The van der Waals surface area contributed by atoms with E-state index in [1.54, 1.807) is 16.7 Å². The number of halogens is 1. The molecule has 0 radical (unpaired) electrons. The van der Waals surface area contributed by atoms with Crippen LogP contribution in [0.4, 0.5) is 0 Å². The number of benzene rings is 1. The van der Waals surface area contributed by atoms with Crippen LogP contribution in [0.3, 0.4) is 0 Å². The number of aromatic nitrogens is 3. The Hall–Kier alpha value is -1.17.